The summed E-state index contributed by atoms with van der Waals surface area (Å²) in [6, 6.07) is 2.30. The second-order valence-corrected chi connectivity index (χ2v) is 5.23. The lowest BCUT2D eigenvalue weighted by Crippen LogP contribution is -2.49. The van der Waals surface area contributed by atoms with E-state index in [-0.39, 0.29) is 5.76 Å². The minimum atomic E-state index is -1.06. The van der Waals surface area contributed by atoms with E-state index >= 15 is 0 Å². The van der Waals surface area contributed by atoms with Crippen LogP contribution in [0.3, 0.4) is 0 Å². The van der Waals surface area contributed by atoms with Gasteiger partial charge in [0.15, 0.2) is 5.76 Å². The quantitative estimate of drug-likeness (QED) is 0.860. The molecule has 1 atom stereocenters. The summed E-state index contributed by atoms with van der Waals surface area (Å²) < 4.78 is 5.28. The molecule has 0 saturated carbocycles. The normalized spacial score (nSPS) is 13.1. The van der Waals surface area contributed by atoms with E-state index in [1.807, 2.05) is 6.92 Å². The van der Waals surface area contributed by atoms with Gasteiger partial charge in [-0.05, 0) is 17.5 Å². The number of hydrogen-bond donors (Lipinski definition) is 2. The van der Waals surface area contributed by atoms with Gasteiger partial charge in [-0.25, -0.2) is 4.79 Å². The van der Waals surface area contributed by atoms with Gasteiger partial charge in [0, 0.05) is 6.42 Å². The molecule has 0 unspecified atom stereocenters. The molecule has 0 spiro atoms. The van der Waals surface area contributed by atoms with Gasteiger partial charge in [-0.1, -0.05) is 27.7 Å². The van der Waals surface area contributed by atoms with Gasteiger partial charge in [0.2, 0.25) is 0 Å². The van der Waals surface area contributed by atoms with Gasteiger partial charge in [-0.3, -0.25) is 4.79 Å². The lowest BCUT2D eigenvalue weighted by atomic mass is 9.87. The van der Waals surface area contributed by atoms with E-state index < -0.39 is 23.3 Å². The maximum atomic E-state index is 11.9. The van der Waals surface area contributed by atoms with Gasteiger partial charge < -0.3 is 14.8 Å². The number of amides is 1. The minimum absolute atomic E-state index is 0.141. The lowest BCUT2D eigenvalue weighted by molar-refractivity contribution is -0.142. The molecule has 0 aliphatic rings. The summed E-state index contributed by atoms with van der Waals surface area (Å²) in [5.74, 6) is -0.722. The van der Waals surface area contributed by atoms with E-state index in [0.29, 0.717) is 12.2 Å². The number of carbonyl (C=O) groups is 2. The molecule has 5 heteroatoms. The molecule has 1 rings (SSSR count). The van der Waals surface area contributed by atoms with Crippen LogP contribution >= 0.6 is 0 Å². The molecule has 2 N–H and O–H groups in total. The van der Waals surface area contributed by atoms with Crippen molar-refractivity contribution in [3.8, 4) is 0 Å². The van der Waals surface area contributed by atoms with Crippen LogP contribution in [0.25, 0.3) is 0 Å². The summed E-state index contributed by atoms with van der Waals surface area (Å²) >= 11 is 0. The average Bonchev–Trinajstić information content (AvgIpc) is 2.71. The number of carboxylic acid groups (broad SMARTS) is 1. The van der Waals surface area contributed by atoms with Crippen LogP contribution in [-0.4, -0.2) is 23.0 Å². The van der Waals surface area contributed by atoms with Crippen molar-refractivity contribution in [1.29, 1.82) is 0 Å². The van der Waals surface area contributed by atoms with Crippen molar-refractivity contribution in [2.24, 2.45) is 5.41 Å². The van der Waals surface area contributed by atoms with Crippen LogP contribution in [0.5, 0.6) is 0 Å². The molecular formula is C13H19NO4. The molecule has 1 aromatic heterocycles. The van der Waals surface area contributed by atoms with Gasteiger partial charge in [-0.15, -0.1) is 0 Å². The third-order valence-electron chi connectivity index (χ3n) is 2.62. The molecule has 1 aromatic rings. The fourth-order valence-corrected chi connectivity index (χ4v) is 1.54. The van der Waals surface area contributed by atoms with Gasteiger partial charge in [0.25, 0.3) is 5.91 Å². The first-order valence-corrected chi connectivity index (χ1v) is 5.88. The van der Waals surface area contributed by atoms with E-state index in [2.05, 4.69) is 5.32 Å². The van der Waals surface area contributed by atoms with Crippen LogP contribution in [-0.2, 0) is 11.2 Å². The van der Waals surface area contributed by atoms with Crippen LogP contribution in [0.15, 0.2) is 16.5 Å². The standard InChI is InChI=1S/C13H19NO4/c1-5-8-6-7-9(18-8)11(15)14-10(12(16)17)13(2,3)4/h6-7,10H,5H2,1-4H3,(H,14,15)(H,16,17)/t10-/m1/s1. The van der Waals surface area contributed by atoms with Gasteiger partial charge in [0.1, 0.15) is 11.8 Å². The highest BCUT2D eigenvalue weighted by atomic mass is 16.4. The Labute approximate surface area is 106 Å². The van der Waals surface area contributed by atoms with Crippen molar-refractivity contribution >= 4 is 11.9 Å². The van der Waals surface area contributed by atoms with Crippen LogP contribution in [0.1, 0.15) is 44.0 Å². The van der Waals surface area contributed by atoms with Crippen molar-refractivity contribution in [2.75, 3.05) is 0 Å². The smallest absolute Gasteiger partial charge is 0.326 e. The van der Waals surface area contributed by atoms with Crippen molar-refractivity contribution < 1.29 is 19.1 Å². The number of nitrogens with one attached hydrogen (secondary N) is 1. The number of carboxylic acids is 1. The zero-order valence-corrected chi connectivity index (χ0v) is 11.1. The number of furan rings is 1. The topological polar surface area (TPSA) is 79.5 Å². The summed E-state index contributed by atoms with van der Waals surface area (Å²) in [5, 5.41) is 11.6. The summed E-state index contributed by atoms with van der Waals surface area (Å²) in [6.07, 6.45) is 0.689. The van der Waals surface area contributed by atoms with Crippen molar-refractivity contribution in [3.63, 3.8) is 0 Å². The Hall–Kier alpha value is -1.78. The number of rotatable bonds is 4. The first-order valence-electron chi connectivity index (χ1n) is 5.88. The highest BCUT2D eigenvalue weighted by Crippen LogP contribution is 2.20. The average molecular weight is 253 g/mol. The SMILES string of the molecule is CCc1ccc(C(=O)N[C@H](C(=O)O)C(C)(C)C)o1. The molecule has 1 heterocycles. The monoisotopic (exact) mass is 253 g/mol. The first-order chi connectivity index (χ1) is 8.25. The number of hydrogen-bond acceptors (Lipinski definition) is 3. The second-order valence-electron chi connectivity index (χ2n) is 5.23. The first kappa shape index (κ1) is 14.3. The summed E-state index contributed by atoms with van der Waals surface area (Å²) in [6.45, 7) is 7.18. The maximum Gasteiger partial charge on any atom is 0.326 e. The van der Waals surface area contributed by atoms with E-state index in [1.165, 1.54) is 0 Å². The van der Waals surface area contributed by atoms with Crippen LogP contribution < -0.4 is 5.32 Å². The molecule has 0 aliphatic carbocycles. The zero-order valence-electron chi connectivity index (χ0n) is 11.1. The Bertz CT molecular complexity index is 442. The van der Waals surface area contributed by atoms with Gasteiger partial charge in [-0.2, -0.15) is 0 Å². The summed E-state index contributed by atoms with van der Waals surface area (Å²) in [5.41, 5.74) is -0.568. The highest BCUT2D eigenvalue weighted by molar-refractivity contribution is 5.94. The van der Waals surface area contributed by atoms with E-state index in [9.17, 15) is 9.59 Å². The molecule has 5 nitrogen and oxygen atoms in total. The molecule has 18 heavy (non-hydrogen) atoms. The Morgan fingerprint density at radius 3 is 2.39 bits per heavy atom. The van der Waals surface area contributed by atoms with Crippen molar-refractivity contribution in [2.45, 2.75) is 40.2 Å². The molecule has 1 amide bonds. The largest absolute Gasteiger partial charge is 0.480 e. The lowest BCUT2D eigenvalue weighted by Gasteiger charge is -2.27. The predicted octanol–water partition coefficient (Wildman–Crippen LogP) is 2.07. The summed E-state index contributed by atoms with van der Waals surface area (Å²) in [4.78, 5) is 23.0. The maximum absolute atomic E-state index is 11.9. The third kappa shape index (κ3) is 3.35. The molecule has 0 aromatic carbocycles. The molecule has 0 bridgehead atoms. The van der Waals surface area contributed by atoms with E-state index in [0.717, 1.165) is 0 Å². The number of aryl methyl sites for hydroxylation is 1. The highest BCUT2D eigenvalue weighted by Gasteiger charge is 2.33. The Morgan fingerprint density at radius 2 is 2.00 bits per heavy atom. The summed E-state index contributed by atoms with van der Waals surface area (Å²) in [7, 11) is 0. The van der Waals surface area contributed by atoms with Gasteiger partial charge in [0.05, 0.1) is 0 Å². The molecule has 0 saturated heterocycles. The second kappa shape index (κ2) is 5.25. The fourth-order valence-electron chi connectivity index (χ4n) is 1.54. The fraction of sp³-hybridized carbons (Fsp3) is 0.538. The minimum Gasteiger partial charge on any atom is -0.480 e. The molecule has 0 aliphatic heterocycles. The zero-order chi connectivity index (χ0) is 13.9. The molecule has 0 radical (unpaired) electrons. The van der Waals surface area contributed by atoms with Crippen LogP contribution in [0.2, 0.25) is 0 Å². The Balaban J connectivity index is 2.82. The number of carbonyl (C=O) groups excluding carboxylic acids is 1. The van der Waals surface area contributed by atoms with Crippen molar-refractivity contribution in [1.82, 2.24) is 5.32 Å². The third-order valence-corrected chi connectivity index (χ3v) is 2.62. The van der Waals surface area contributed by atoms with E-state index in [1.54, 1.807) is 32.9 Å². The van der Waals surface area contributed by atoms with Gasteiger partial charge >= 0.3 is 5.97 Å². The van der Waals surface area contributed by atoms with E-state index in [4.69, 9.17) is 9.52 Å². The molecule has 100 valence electrons. The number of aliphatic carboxylic acids is 1. The molecule has 0 fully saturated rings. The van der Waals surface area contributed by atoms with Crippen LogP contribution in [0, 0.1) is 5.41 Å². The Kier molecular flexibility index (Phi) is 4.16. The molecular weight excluding hydrogens is 234 g/mol. The van der Waals surface area contributed by atoms with Crippen LogP contribution in [0.4, 0.5) is 0 Å². The Morgan fingerprint density at radius 1 is 1.39 bits per heavy atom. The van der Waals surface area contributed by atoms with Crippen molar-refractivity contribution in [3.05, 3.63) is 23.7 Å². The predicted molar refractivity (Wildman–Crippen MR) is 66.4 cm³/mol.